The fraction of sp³-hybridized carbons (Fsp3) is 0.625. The predicted octanol–water partition coefficient (Wildman–Crippen LogP) is 2.77. The second kappa shape index (κ2) is 7.04. The second-order valence-electron chi connectivity index (χ2n) is 5.68. The maximum absolute atomic E-state index is 10.1. The van der Waals surface area contributed by atoms with Crippen molar-refractivity contribution >= 4 is 0 Å². The van der Waals surface area contributed by atoms with E-state index < -0.39 is 6.10 Å². The first-order valence-corrected chi connectivity index (χ1v) is 7.27. The SMILES string of the molecule is CC1CCC(OCC(O)c2ccc(CN)cc2)CC1. The summed E-state index contributed by atoms with van der Waals surface area (Å²) in [5.74, 6) is 0.827. The lowest BCUT2D eigenvalue weighted by Gasteiger charge is -2.27. The van der Waals surface area contributed by atoms with Crippen molar-refractivity contribution in [3.05, 3.63) is 35.4 Å². The number of hydrogen-bond donors (Lipinski definition) is 2. The standard InChI is InChI=1S/C16H25NO2/c1-12-2-8-15(9-3-12)19-11-16(18)14-6-4-13(10-17)5-7-14/h4-7,12,15-16,18H,2-3,8-11,17H2,1H3. The molecule has 3 N–H and O–H groups in total. The van der Waals surface area contributed by atoms with Crippen LogP contribution in [0.4, 0.5) is 0 Å². The Morgan fingerprint density at radius 3 is 2.42 bits per heavy atom. The van der Waals surface area contributed by atoms with E-state index in [0.717, 1.165) is 29.9 Å². The highest BCUT2D eigenvalue weighted by atomic mass is 16.5. The lowest BCUT2D eigenvalue weighted by Crippen LogP contribution is -2.22. The van der Waals surface area contributed by atoms with Gasteiger partial charge in [-0.25, -0.2) is 0 Å². The van der Waals surface area contributed by atoms with Crippen molar-refractivity contribution in [1.82, 2.24) is 0 Å². The molecule has 1 aliphatic rings. The van der Waals surface area contributed by atoms with Gasteiger partial charge in [-0.15, -0.1) is 0 Å². The van der Waals surface area contributed by atoms with Crippen LogP contribution in [-0.2, 0) is 11.3 Å². The van der Waals surface area contributed by atoms with Crippen LogP contribution in [0, 0.1) is 5.92 Å². The highest BCUT2D eigenvalue weighted by molar-refractivity contribution is 5.24. The van der Waals surface area contributed by atoms with Crippen LogP contribution in [0.2, 0.25) is 0 Å². The molecule has 106 valence electrons. The van der Waals surface area contributed by atoms with Crippen LogP contribution in [-0.4, -0.2) is 17.8 Å². The van der Waals surface area contributed by atoms with Crippen molar-refractivity contribution in [2.24, 2.45) is 11.7 Å². The zero-order chi connectivity index (χ0) is 13.7. The van der Waals surface area contributed by atoms with E-state index in [9.17, 15) is 5.11 Å². The van der Waals surface area contributed by atoms with Gasteiger partial charge in [-0.2, -0.15) is 0 Å². The molecule has 0 aliphatic heterocycles. The van der Waals surface area contributed by atoms with Crippen LogP contribution < -0.4 is 5.73 Å². The number of aliphatic hydroxyl groups is 1. The summed E-state index contributed by atoms with van der Waals surface area (Å²) >= 11 is 0. The average Bonchev–Trinajstić information content (AvgIpc) is 2.46. The summed E-state index contributed by atoms with van der Waals surface area (Å²) in [6, 6.07) is 7.78. The summed E-state index contributed by atoms with van der Waals surface area (Å²) in [5, 5.41) is 10.1. The molecule has 0 heterocycles. The summed E-state index contributed by atoms with van der Waals surface area (Å²) in [5.41, 5.74) is 7.54. The van der Waals surface area contributed by atoms with Gasteiger partial charge in [0.1, 0.15) is 6.10 Å². The molecule has 0 aromatic heterocycles. The normalized spacial score (nSPS) is 25.2. The van der Waals surface area contributed by atoms with Gasteiger partial charge in [0.05, 0.1) is 12.7 Å². The van der Waals surface area contributed by atoms with Gasteiger partial charge in [0.2, 0.25) is 0 Å². The van der Waals surface area contributed by atoms with Gasteiger partial charge >= 0.3 is 0 Å². The van der Waals surface area contributed by atoms with E-state index in [0.29, 0.717) is 19.3 Å². The molecule has 3 heteroatoms. The molecule has 0 bridgehead atoms. The Balaban J connectivity index is 1.78. The van der Waals surface area contributed by atoms with Gasteiger partial charge in [-0.05, 0) is 42.7 Å². The zero-order valence-corrected chi connectivity index (χ0v) is 11.7. The van der Waals surface area contributed by atoms with Crippen molar-refractivity contribution in [3.8, 4) is 0 Å². The molecule has 2 rings (SSSR count). The monoisotopic (exact) mass is 263 g/mol. The lowest BCUT2D eigenvalue weighted by molar-refractivity contribution is -0.0294. The minimum Gasteiger partial charge on any atom is -0.386 e. The van der Waals surface area contributed by atoms with Crippen molar-refractivity contribution < 1.29 is 9.84 Å². The maximum Gasteiger partial charge on any atom is 0.102 e. The predicted molar refractivity (Wildman–Crippen MR) is 76.7 cm³/mol. The first-order valence-electron chi connectivity index (χ1n) is 7.27. The Bertz CT molecular complexity index is 369. The third-order valence-corrected chi connectivity index (χ3v) is 4.05. The van der Waals surface area contributed by atoms with Crippen molar-refractivity contribution in [2.45, 2.75) is 51.4 Å². The number of rotatable bonds is 5. The Morgan fingerprint density at radius 2 is 1.84 bits per heavy atom. The van der Waals surface area contributed by atoms with Gasteiger partial charge < -0.3 is 15.6 Å². The first-order chi connectivity index (χ1) is 9.19. The lowest BCUT2D eigenvalue weighted by atomic mass is 9.89. The topological polar surface area (TPSA) is 55.5 Å². The molecule has 3 nitrogen and oxygen atoms in total. The Morgan fingerprint density at radius 1 is 1.21 bits per heavy atom. The number of hydrogen-bond acceptors (Lipinski definition) is 3. The fourth-order valence-electron chi connectivity index (χ4n) is 2.60. The maximum atomic E-state index is 10.1. The molecule has 19 heavy (non-hydrogen) atoms. The van der Waals surface area contributed by atoms with Crippen LogP contribution in [0.3, 0.4) is 0 Å². The van der Waals surface area contributed by atoms with E-state index in [-0.39, 0.29) is 0 Å². The van der Waals surface area contributed by atoms with Crippen LogP contribution in [0.5, 0.6) is 0 Å². The molecule has 1 aliphatic carbocycles. The minimum atomic E-state index is -0.536. The minimum absolute atomic E-state index is 0.328. The number of benzene rings is 1. The molecule has 1 unspecified atom stereocenters. The van der Waals surface area contributed by atoms with E-state index in [4.69, 9.17) is 10.5 Å². The van der Waals surface area contributed by atoms with Gasteiger partial charge in [0.15, 0.2) is 0 Å². The molecular weight excluding hydrogens is 238 g/mol. The largest absolute Gasteiger partial charge is 0.386 e. The summed E-state index contributed by atoms with van der Waals surface area (Å²) in [6.45, 7) is 3.22. The third-order valence-electron chi connectivity index (χ3n) is 4.05. The van der Waals surface area contributed by atoms with Crippen LogP contribution in [0.15, 0.2) is 24.3 Å². The highest BCUT2D eigenvalue weighted by Gasteiger charge is 2.19. The molecule has 1 atom stereocenters. The highest BCUT2D eigenvalue weighted by Crippen LogP contribution is 2.26. The summed E-state index contributed by atoms with van der Waals surface area (Å²) in [4.78, 5) is 0. The van der Waals surface area contributed by atoms with E-state index in [2.05, 4.69) is 6.92 Å². The molecule has 0 amide bonds. The molecule has 0 saturated heterocycles. The molecule has 1 saturated carbocycles. The van der Waals surface area contributed by atoms with Gasteiger partial charge in [-0.3, -0.25) is 0 Å². The number of aliphatic hydroxyl groups excluding tert-OH is 1. The molecular formula is C16H25NO2. The van der Waals surface area contributed by atoms with E-state index in [1.54, 1.807) is 0 Å². The molecule has 0 spiro atoms. The number of nitrogens with two attached hydrogens (primary N) is 1. The summed E-state index contributed by atoms with van der Waals surface area (Å²) in [6.07, 6.45) is 4.53. The Hall–Kier alpha value is -0.900. The van der Waals surface area contributed by atoms with Gasteiger partial charge in [0.25, 0.3) is 0 Å². The average molecular weight is 263 g/mol. The molecule has 1 aromatic rings. The first kappa shape index (κ1) is 14.5. The smallest absolute Gasteiger partial charge is 0.102 e. The van der Waals surface area contributed by atoms with Crippen LogP contribution in [0.1, 0.15) is 49.8 Å². The fourth-order valence-corrected chi connectivity index (χ4v) is 2.60. The van der Waals surface area contributed by atoms with Crippen LogP contribution >= 0.6 is 0 Å². The molecule has 0 radical (unpaired) electrons. The zero-order valence-electron chi connectivity index (χ0n) is 11.7. The van der Waals surface area contributed by atoms with Gasteiger partial charge in [-0.1, -0.05) is 31.2 Å². The Labute approximate surface area is 115 Å². The van der Waals surface area contributed by atoms with E-state index in [1.807, 2.05) is 24.3 Å². The summed E-state index contributed by atoms with van der Waals surface area (Å²) in [7, 11) is 0. The van der Waals surface area contributed by atoms with Crippen LogP contribution in [0.25, 0.3) is 0 Å². The van der Waals surface area contributed by atoms with Crippen molar-refractivity contribution in [1.29, 1.82) is 0 Å². The number of ether oxygens (including phenoxy) is 1. The molecule has 1 aromatic carbocycles. The van der Waals surface area contributed by atoms with Crippen molar-refractivity contribution in [2.75, 3.05) is 6.61 Å². The van der Waals surface area contributed by atoms with Crippen molar-refractivity contribution in [3.63, 3.8) is 0 Å². The van der Waals surface area contributed by atoms with E-state index in [1.165, 1.54) is 12.8 Å². The third kappa shape index (κ3) is 4.30. The Kier molecular flexibility index (Phi) is 5.37. The quantitative estimate of drug-likeness (QED) is 0.859. The summed E-state index contributed by atoms with van der Waals surface area (Å²) < 4.78 is 5.83. The van der Waals surface area contributed by atoms with E-state index >= 15 is 0 Å². The van der Waals surface area contributed by atoms with Gasteiger partial charge in [0, 0.05) is 6.54 Å². The second-order valence-corrected chi connectivity index (χ2v) is 5.68. The molecule has 1 fully saturated rings.